The molecule has 0 spiro atoms. The summed E-state index contributed by atoms with van der Waals surface area (Å²) in [5.41, 5.74) is 1.59. The molecule has 1 aromatic heterocycles. The van der Waals surface area contributed by atoms with Crippen molar-refractivity contribution in [1.82, 2.24) is 4.98 Å². The molecule has 2 rings (SSSR count). The van der Waals surface area contributed by atoms with Crippen LogP contribution in [0.4, 0.5) is 0 Å². The first-order valence-electron chi connectivity index (χ1n) is 4.89. The van der Waals surface area contributed by atoms with Crippen molar-refractivity contribution in [3.8, 4) is 17.7 Å². The lowest BCUT2D eigenvalue weighted by molar-refractivity contribution is 0.461. The zero-order chi connectivity index (χ0) is 11.4. The Kier molecular flexibility index (Phi) is 2.84. The minimum atomic E-state index is 0.342. The lowest BCUT2D eigenvalue weighted by atomic mass is 10.2. The van der Waals surface area contributed by atoms with Crippen LogP contribution in [-0.2, 0) is 0 Å². The van der Waals surface area contributed by atoms with E-state index in [1.54, 1.807) is 18.3 Å². The molecule has 78 valence electrons. The molecule has 0 aliphatic heterocycles. The Labute approximate surface area is 93.9 Å². The van der Waals surface area contributed by atoms with Crippen LogP contribution in [0.25, 0.3) is 0 Å². The number of nitriles is 1. The molecule has 3 heteroatoms. The van der Waals surface area contributed by atoms with E-state index in [0.29, 0.717) is 17.2 Å². The van der Waals surface area contributed by atoms with E-state index in [0.717, 1.165) is 5.56 Å². The molecule has 1 aromatic carbocycles. The van der Waals surface area contributed by atoms with Gasteiger partial charge in [0.25, 0.3) is 0 Å². The van der Waals surface area contributed by atoms with Crippen LogP contribution >= 0.6 is 0 Å². The minimum absolute atomic E-state index is 0.342. The molecule has 0 atom stereocenters. The summed E-state index contributed by atoms with van der Waals surface area (Å²) in [6.07, 6.45) is 1.60. The van der Waals surface area contributed by atoms with Crippen molar-refractivity contribution < 1.29 is 4.74 Å². The molecule has 2 aromatic rings. The number of pyridine rings is 1. The Balaban J connectivity index is 2.27. The largest absolute Gasteiger partial charge is 0.438 e. The maximum absolute atomic E-state index is 8.87. The highest BCUT2D eigenvalue weighted by atomic mass is 16.5. The minimum Gasteiger partial charge on any atom is -0.438 e. The second kappa shape index (κ2) is 4.45. The number of rotatable bonds is 2. The number of ether oxygens (including phenoxy) is 1. The van der Waals surface area contributed by atoms with E-state index in [9.17, 15) is 0 Å². The van der Waals surface area contributed by atoms with E-state index in [1.165, 1.54) is 0 Å². The van der Waals surface area contributed by atoms with Crippen LogP contribution in [0.1, 0.15) is 11.1 Å². The highest BCUT2D eigenvalue weighted by molar-refractivity contribution is 5.40. The van der Waals surface area contributed by atoms with Crippen molar-refractivity contribution >= 4 is 0 Å². The number of aryl methyl sites for hydroxylation is 1. The predicted molar refractivity (Wildman–Crippen MR) is 60.2 cm³/mol. The van der Waals surface area contributed by atoms with Crippen LogP contribution in [0.2, 0.25) is 0 Å². The monoisotopic (exact) mass is 210 g/mol. The van der Waals surface area contributed by atoms with E-state index < -0.39 is 0 Å². The Morgan fingerprint density at radius 2 is 1.94 bits per heavy atom. The molecule has 0 N–H and O–H groups in total. The van der Waals surface area contributed by atoms with Crippen molar-refractivity contribution in [3.05, 3.63) is 53.7 Å². The van der Waals surface area contributed by atoms with E-state index >= 15 is 0 Å². The first-order chi connectivity index (χ1) is 7.79. The van der Waals surface area contributed by atoms with Gasteiger partial charge in [-0.1, -0.05) is 17.7 Å². The summed E-state index contributed by atoms with van der Waals surface area (Å²) in [5.74, 6) is 1.02. The van der Waals surface area contributed by atoms with Crippen LogP contribution in [0.15, 0.2) is 42.6 Å². The van der Waals surface area contributed by atoms with Crippen LogP contribution in [-0.4, -0.2) is 4.98 Å². The topological polar surface area (TPSA) is 45.9 Å². The maximum Gasteiger partial charge on any atom is 0.237 e. The average molecular weight is 210 g/mol. The van der Waals surface area contributed by atoms with Gasteiger partial charge < -0.3 is 4.74 Å². The molecule has 1 heterocycles. The molecule has 0 saturated carbocycles. The standard InChI is InChI=1S/C13H10N2O/c1-10-4-6-12(7-5-10)16-13-11(9-14)3-2-8-15-13/h2-8H,1H3. The van der Waals surface area contributed by atoms with Crippen molar-refractivity contribution in [2.24, 2.45) is 0 Å². The number of benzene rings is 1. The Bertz CT molecular complexity index is 526. The van der Waals surface area contributed by atoms with Crippen LogP contribution in [0.3, 0.4) is 0 Å². The second-order valence-corrected chi connectivity index (χ2v) is 3.38. The van der Waals surface area contributed by atoms with Gasteiger partial charge in [0.05, 0.1) is 0 Å². The molecule has 16 heavy (non-hydrogen) atoms. The Morgan fingerprint density at radius 3 is 2.62 bits per heavy atom. The third-order valence-electron chi connectivity index (χ3n) is 2.13. The fraction of sp³-hybridized carbons (Fsp3) is 0.0769. The smallest absolute Gasteiger partial charge is 0.237 e. The molecule has 3 nitrogen and oxygen atoms in total. The molecule has 0 fully saturated rings. The molecular formula is C13H10N2O. The predicted octanol–water partition coefficient (Wildman–Crippen LogP) is 3.05. The van der Waals surface area contributed by atoms with Crippen molar-refractivity contribution in [2.75, 3.05) is 0 Å². The number of aromatic nitrogens is 1. The summed E-state index contributed by atoms with van der Waals surface area (Å²) < 4.78 is 5.52. The Morgan fingerprint density at radius 1 is 1.19 bits per heavy atom. The lowest BCUT2D eigenvalue weighted by Gasteiger charge is -2.05. The van der Waals surface area contributed by atoms with Gasteiger partial charge in [-0.25, -0.2) is 4.98 Å². The quantitative estimate of drug-likeness (QED) is 0.765. The molecule has 0 aliphatic rings. The van der Waals surface area contributed by atoms with Gasteiger partial charge in [-0.2, -0.15) is 5.26 Å². The average Bonchev–Trinajstić information content (AvgIpc) is 2.33. The fourth-order valence-electron chi connectivity index (χ4n) is 1.28. The van der Waals surface area contributed by atoms with Gasteiger partial charge in [-0.05, 0) is 31.2 Å². The molecule has 0 amide bonds. The summed E-state index contributed by atoms with van der Waals surface area (Å²) >= 11 is 0. The second-order valence-electron chi connectivity index (χ2n) is 3.38. The van der Waals surface area contributed by atoms with Gasteiger partial charge >= 0.3 is 0 Å². The van der Waals surface area contributed by atoms with Crippen LogP contribution in [0, 0.1) is 18.3 Å². The van der Waals surface area contributed by atoms with Gasteiger partial charge in [0.1, 0.15) is 17.4 Å². The number of nitrogens with zero attached hydrogens (tertiary/aromatic N) is 2. The fourth-order valence-corrected chi connectivity index (χ4v) is 1.28. The maximum atomic E-state index is 8.87. The number of hydrogen-bond donors (Lipinski definition) is 0. The van der Waals surface area contributed by atoms with Crippen molar-refractivity contribution in [1.29, 1.82) is 5.26 Å². The molecule has 0 unspecified atom stereocenters. The zero-order valence-electron chi connectivity index (χ0n) is 8.84. The van der Waals surface area contributed by atoms with Crippen LogP contribution in [0.5, 0.6) is 11.6 Å². The highest BCUT2D eigenvalue weighted by Gasteiger charge is 2.04. The van der Waals surface area contributed by atoms with Crippen LogP contribution < -0.4 is 4.74 Å². The van der Waals surface area contributed by atoms with E-state index in [2.05, 4.69) is 4.98 Å². The summed E-state index contributed by atoms with van der Waals surface area (Å²) in [4.78, 5) is 4.02. The molecule has 0 bridgehead atoms. The third-order valence-corrected chi connectivity index (χ3v) is 2.13. The molecule has 0 saturated heterocycles. The number of hydrogen-bond acceptors (Lipinski definition) is 3. The van der Waals surface area contributed by atoms with Crippen molar-refractivity contribution in [3.63, 3.8) is 0 Å². The first-order valence-corrected chi connectivity index (χ1v) is 4.89. The molecular weight excluding hydrogens is 200 g/mol. The lowest BCUT2D eigenvalue weighted by Crippen LogP contribution is -1.90. The van der Waals surface area contributed by atoms with Crippen molar-refractivity contribution in [2.45, 2.75) is 6.92 Å². The summed E-state index contributed by atoms with van der Waals surface area (Å²) in [7, 11) is 0. The molecule has 0 radical (unpaired) electrons. The first kappa shape index (κ1) is 10.2. The zero-order valence-corrected chi connectivity index (χ0v) is 8.84. The van der Waals surface area contributed by atoms with Gasteiger partial charge in [0, 0.05) is 6.20 Å². The molecule has 0 aliphatic carbocycles. The SMILES string of the molecule is Cc1ccc(Oc2ncccc2C#N)cc1. The van der Waals surface area contributed by atoms with E-state index in [4.69, 9.17) is 10.00 Å². The van der Waals surface area contributed by atoms with Gasteiger partial charge in [0.15, 0.2) is 0 Å². The summed E-state index contributed by atoms with van der Waals surface area (Å²) in [6, 6.07) is 13.0. The third kappa shape index (κ3) is 2.18. The van der Waals surface area contributed by atoms with Gasteiger partial charge in [-0.15, -0.1) is 0 Å². The highest BCUT2D eigenvalue weighted by Crippen LogP contribution is 2.22. The van der Waals surface area contributed by atoms with E-state index in [-0.39, 0.29) is 0 Å². The Hall–Kier alpha value is -2.34. The van der Waals surface area contributed by atoms with Gasteiger partial charge in [0.2, 0.25) is 5.88 Å². The normalized spacial score (nSPS) is 9.50. The summed E-state index contributed by atoms with van der Waals surface area (Å²) in [5, 5.41) is 8.87. The van der Waals surface area contributed by atoms with E-state index in [1.807, 2.05) is 37.3 Å². The summed E-state index contributed by atoms with van der Waals surface area (Å²) in [6.45, 7) is 2.01. The van der Waals surface area contributed by atoms with Gasteiger partial charge in [-0.3, -0.25) is 0 Å².